The molecule has 1 saturated carbocycles. The number of aromatic amines is 1. The normalized spacial score (nSPS) is 19.9. The Balaban J connectivity index is 1.31. The lowest BCUT2D eigenvalue weighted by molar-refractivity contribution is -0.117. The van der Waals surface area contributed by atoms with E-state index >= 15 is 0 Å². The van der Waals surface area contributed by atoms with Crippen LogP contribution >= 0.6 is 0 Å². The van der Waals surface area contributed by atoms with Crippen molar-refractivity contribution >= 4 is 22.6 Å². The summed E-state index contributed by atoms with van der Waals surface area (Å²) in [4.78, 5) is 18.5. The van der Waals surface area contributed by atoms with Gasteiger partial charge in [-0.15, -0.1) is 10.2 Å². The average Bonchev–Trinajstić information content (AvgIpc) is 3.17. The predicted molar refractivity (Wildman–Crippen MR) is 121 cm³/mol. The number of hydrogen-bond donors (Lipinski definition) is 3. The van der Waals surface area contributed by atoms with Gasteiger partial charge >= 0.3 is 0 Å². The fraction of sp³-hybridized carbons (Fsp3) is 0.250. The molecule has 0 saturated heterocycles. The van der Waals surface area contributed by atoms with Crippen molar-refractivity contribution in [2.24, 2.45) is 5.73 Å². The molecule has 1 fully saturated rings. The topological polar surface area (TPSA) is 110 Å². The molecule has 9 heteroatoms. The molecule has 3 heterocycles. The van der Waals surface area contributed by atoms with Crippen molar-refractivity contribution in [1.29, 1.82) is 0 Å². The molecule has 1 aromatic carbocycles. The minimum absolute atomic E-state index is 0.150. The number of nitrogens with zero attached hydrogens (tertiary/aromatic N) is 3. The van der Waals surface area contributed by atoms with Crippen molar-refractivity contribution in [1.82, 2.24) is 20.2 Å². The van der Waals surface area contributed by atoms with Gasteiger partial charge in [-0.05, 0) is 55.3 Å². The third kappa shape index (κ3) is 4.13. The fourth-order valence-corrected chi connectivity index (χ4v) is 4.46. The quantitative estimate of drug-likeness (QED) is 0.400. The van der Waals surface area contributed by atoms with Crippen LogP contribution in [0.25, 0.3) is 22.2 Å². The molecule has 3 aromatic heterocycles. The first-order valence-corrected chi connectivity index (χ1v) is 10.6. The van der Waals surface area contributed by atoms with Crippen LogP contribution in [0.4, 0.5) is 14.6 Å². The summed E-state index contributed by atoms with van der Waals surface area (Å²) >= 11 is 0. The summed E-state index contributed by atoms with van der Waals surface area (Å²) in [6, 6.07) is 14.2. The van der Waals surface area contributed by atoms with Crippen LogP contribution in [0.2, 0.25) is 0 Å². The molecule has 1 aliphatic carbocycles. The lowest BCUT2D eigenvalue weighted by Gasteiger charge is -2.44. The van der Waals surface area contributed by atoms with E-state index < -0.39 is 23.3 Å². The van der Waals surface area contributed by atoms with Gasteiger partial charge in [0.05, 0.1) is 17.8 Å². The van der Waals surface area contributed by atoms with Crippen LogP contribution < -0.4 is 11.1 Å². The van der Waals surface area contributed by atoms with Crippen LogP contribution in [0.1, 0.15) is 24.2 Å². The van der Waals surface area contributed by atoms with E-state index in [4.69, 9.17) is 5.73 Å². The summed E-state index contributed by atoms with van der Waals surface area (Å²) in [5.74, 6) is -0.303. The van der Waals surface area contributed by atoms with E-state index in [0.29, 0.717) is 18.1 Å². The van der Waals surface area contributed by atoms with Crippen molar-refractivity contribution in [2.45, 2.75) is 30.8 Å². The number of carbonyl (C=O) groups is 1. The highest BCUT2D eigenvalue weighted by atomic mass is 19.1. The van der Waals surface area contributed by atoms with Gasteiger partial charge in [-0.1, -0.05) is 6.07 Å². The van der Waals surface area contributed by atoms with E-state index in [-0.39, 0.29) is 25.0 Å². The maximum Gasteiger partial charge on any atom is 0.223 e. The number of H-pyrrole nitrogens is 1. The Bertz CT molecular complexity index is 1310. The largest absolute Gasteiger partial charge is 0.369 e. The highest BCUT2D eigenvalue weighted by molar-refractivity contribution is 5.87. The Morgan fingerprint density at radius 3 is 2.73 bits per heavy atom. The first kappa shape index (κ1) is 21.0. The first-order valence-electron chi connectivity index (χ1n) is 10.6. The number of nitrogens with one attached hydrogen (secondary N) is 2. The number of hydrogen-bond acceptors (Lipinski definition) is 5. The van der Waals surface area contributed by atoms with Crippen LogP contribution in [0, 0.1) is 5.82 Å². The lowest BCUT2D eigenvalue weighted by Crippen LogP contribution is -2.49. The van der Waals surface area contributed by atoms with Gasteiger partial charge in [-0.3, -0.25) is 9.78 Å². The first-order chi connectivity index (χ1) is 15.9. The number of primary amides is 1. The van der Waals surface area contributed by atoms with Crippen molar-refractivity contribution in [2.75, 3.05) is 11.9 Å². The summed E-state index contributed by atoms with van der Waals surface area (Å²) in [6.45, 7) is 0.313. The van der Waals surface area contributed by atoms with E-state index in [1.54, 1.807) is 6.07 Å². The molecule has 0 atom stereocenters. The second-order valence-electron chi connectivity index (χ2n) is 8.52. The van der Waals surface area contributed by atoms with Crippen LogP contribution in [0.15, 0.2) is 54.7 Å². The van der Waals surface area contributed by atoms with Gasteiger partial charge in [-0.2, -0.15) is 0 Å². The van der Waals surface area contributed by atoms with Crippen LogP contribution in [-0.2, 0) is 16.6 Å². The fourth-order valence-electron chi connectivity index (χ4n) is 4.46. The smallest absolute Gasteiger partial charge is 0.223 e. The molecule has 4 N–H and O–H groups in total. The third-order valence-electron chi connectivity index (χ3n) is 6.09. The van der Waals surface area contributed by atoms with Crippen LogP contribution in [0.5, 0.6) is 0 Å². The van der Waals surface area contributed by atoms with E-state index in [9.17, 15) is 13.6 Å². The number of nitrogens with two attached hydrogens (primary N) is 1. The summed E-state index contributed by atoms with van der Waals surface area (Å²) in [6.07, 6.45) is 1.14. The van der Waals surface area contributed by atoms with Crippen molar-refractivity contribution in [3.05, 3.63) is 71.9 Å². The third-order valence-corrected chi connectivity index (χ3v) is 6.09. The second-order valence-corrected chi connectivity index (χ2v) is 8.52. The maximum absolute atomic E-state index is 14.3. The summed E-state index contributed by atoms with van der Waals surface area (Å²) in [5, 5.41) is 12.6. The van der Waals surface area contributed by atoms with Crippen molar-refractivity contribution in [3.63, 3.8) is 0 Å². The molecule has 0 aliphatic heterocycles. The standard InChI is InChI=1S/C24H22F2N6O/c25-16-11-24(12-16,23-18(26)2-1-7-28-23)13-29-22-6-5-20(31-32-22)14-3-4-19-15(8-14)9-17(30-19)10-21(27)33/h1-9,16,30H,10-13H2,(H2,27,33)(H,29,32). The van der Waals surface area contributed by atoms with Gasteiger partial charge in [0, 0.05) is 40.3 Å². The van der Waals surface area contributed by atoms with Gasteiger partial charge in [0.15, 0.2) is 0 Å². The molecule has 0 spiro atoms. The van der Waals surface area contributed by atoms with Crippen LogP contribution in [-0.4, -0.2) is 38.8 Å². The molecule has 1 aliphatic rings. The molecule has 1 amide bonds. The molecule has 5 rings (SSSR count). The number of fused-ring (bicyclic) bond motifs is 1. The lowest BCUT2D eigenvalue weighted by atomic mass is 9.65. The average molecular weight is 448 g/mol. The molecule has 7 nitrogen and oxygen atoms in total. The van der Waals surface area contributed by atoms with Gasteiger partial charge in [0.1, 0.15) is 17.8 Å². The zero-order chi connectivity index (χ0) is 23.0. The summed E-state index contributed by atoms with van der Waals surface area (Å²) < 4.78 is 28.0. The van der Waals surface area contributed by atoms with Gasteiger partial charge in [-0.25, -0.2) is 8.78 Å². The van der Waals surface area contributed by atoms with Crippen molar-refractivity contribution < 1.29 is 13.6 Å². The number of carbonyl (C=O) groups excluding carboxylic acids is 1. The Labute approximate surface area is 188 Å². The molecular weight excluding hydrogens is 426 g/mol. The molecule has 33 heavy (non-hydrogen) atoms. The maximum atomic E-state index is 14.3. The Kier molecular flexibility index (Phi) is 5.24. The molecule has 0 radical (unpaired) electrons. The summed E-state index contributed by atoms with van der Waals surface area (Å²) in [7, 11) is 0. The number of anilines is 1. The zero-order valence-corrected chi connectivity index (χ0v) is 17.7. The van der Waals surface area contributed by atoms with Gasteiger partial charge in [0.2, 0.25) is 5.91 Å². The van der Waals surface area contributed by atoms with E-state index in [1.165, 1.54) is 18.3 Å². The number of aromatic nitrogens is 4. The molecule has 0 bridgehead atoms. The van der Waals surface area contributed by atoms with E-state index in [0.717, 1.165) is 22.2 Å². The number of amides is 1. The Hall–Kier alpha value is -3.88. The Morgan fingerprint density at radius 2 is 2.03 bits per heavy atom. The molecule has 0 unspecified atom stereocenters. The molecule has 4 aromatic rings. The van der Waals surface area contributed by atoms with Gasteiger partial charge < -0.3 is 16.0 Å². The summed E-state index contributed by atoms with van der Waals surface area (Å²) in [5.41, 5.74) is 8.06. The number of halogens is 2. The van der Waals surface area contributed by atoms with E-state index in [2.05, 4.69) is 25.5 Å². The minimum atomic E-state index is -0.964. The van der Waals surface area contributed by atoms with Crippen LogP contribution in [0.3, 0.4) is 0 Å². The zero-order valence-electron chi connectivity index (χ0n) is 17.7. The highest BCUT2D eigenvalue weighted by Gasteiger charge is 2.48. The van der Waals surface area contributed by atoms with E-state index in [1.807, 2.05) is 30.3 Å². The van der Waals surface area contributed by atoms with Crippen molar-refractivity contribution in [3.8, 4) is 11.3 Å². The molecule has 168 valence electrons. The minimum Gasteiger partial charge on any atom is -0.369 e. The Morgan fingerprint density at radius 1 is 1.18 bits per heavy atom. The predicted octanol–water partition coefficient (Wildman–Crippen LogP) is 3.67. The number of alkyl halides is 1. The SMILES string of the molecule is NC(=O)Cc1cc2cc(-c3ccc(NCC4(c5ncccc5F)CC(F)C4)nn3)ccc2[nH]1. The van der Waals surface area contributed by atoms with Gasteiger partial charge in [0.25, 0.3) is 0 Å². The second kappa shape index (κ2) is 8.23. The monoisotopic (exact) mass is 448 g/mol. The number of pyridine rings is 1. The number of rotatable bonds is 7. The number of benzene rings is 1. The highest BCUT2D eigenvalue weighted by Crippen LogP contribution is 2.45. The molecular formula is C24H22F2N6O.